The third-order valence-corrected chi connectivity index (χ3v) is 2.11. The summed E-state index contributed by atoms with van der Waals surface area (Å²) >= 11 is 0. The first-order valence-corrected chi connectivity index (χ1v) is 7.70. The van der Waals surface area contributed by atoms with Gasteiger partial charge >= 0.3 is 0 Å². The average molecular weight is 274 g/mol. The zero-order chi connectivity index (χ0) is 16.6. The molecule has 0 saturated carbocycles. The number of benzene rings is 1. The zero-order valence-corrected chi connectivity index (χ0v) is 14.9. The van der Waals surface area contributed by atoms with Crippen LogP contribution in [0, 0.1) is 6.92 Å². The van der Waals surface area contributed by atoms with E-state index in [1.54, 1.807) is 0 Å². The highest BCUT2D eigenvalue weighted by Crippen LogP contribution is 2.16. The van der Waals surface area contributed by atoms with Crippen molar-refractivity contribution in [1.82, 2.24) is 0 Å². The fraction of sp³-hybridized carbons (Fsp3) is 0.400. The predicted octanol–water partition coefficient (Wildman–Crippen LogP) is 7.22. The van der Waals surface area contributed by atoms with Crippen LogP contribution >= 0.6 is 0 Å². The Labute approximate surface area is 127 Å². The van der Waals surface area contributed by atoms with Crippen molar-refractivity contribution >= 4 is 5.57 Å². The normalized spacial score (nSPS) is 8.70. The van der Waals surface area contributed by atoms with Gasteiger partial charge in [-0.25, -0.2) is 0 Å². The monoisotopic (exact) mass is 274 g/mol. The Bertz CT molecular complexity index is 381. The van der Waals surface area contributed by atoms with E-state index < -0.39 is 0 Å². The molecule has 0 N–H and O–H groups in total. The summed E-state index contributed by atoms with van der Waals surface area (Å²) in [5.41, 5.74) is 4.60. The standard InChI is InChI=1S/C14H16.3C2H6/c1-5-11(2)9-13(4)14-8-6-7-12(3)10-14;3*1-2/h5-10H,1,4H2,2-3H3;3*1-2H3/b11-9-;;;. The van der Waals surface area contributed by atoms with Crippen LogP contribution in [0.5, 0.6) is 0 Å². The van der Waals surface area contributed by atoms with Crippen LogP contribution in [0.2, 0.25) is 0 Å². The van der Waals surface area contributed by atoms with E-state index in [4.69, 9.17) is 0 Å². The van der Waals surface area contributed by atoms with Gasteiger partial charge in [0.15, 0.2) is 0 Å². The van der Waals surface area contributed by atoms with Gasteiger partial charge in [0.2, 0.25) is 0 Å². The summed E-state index contributed by atoms with van der Waals surface area (Å²) in [4.78, 5) is 0. The van der Waals surface area contributed by atoms with Gasteiger partial charge in [-0.15, -0.1) is 0 Å². The Morgan fingerprint density at radius 3 is 1.90 bits per heavy atom. The van der Waals surface area contributed by atoms with Crippen molar-refractivity contribution in [2.45, 2.75) is 55.4 Å². The Morgan fingerprint density at radius 1 is 1.00 bits per heavy atom. The highest BCUT2D eigenvalue weighted by atomic mass is 14.0. The molecule has 0 aromatic heterocycles. The van der Waals surface area contributed by atoms with E-state index >= 15 is 0 Å². The molecule has 0 bridgehead atoms. The Balaban J connectivity index is -0.000000425. The molecule has 0 atom stereocenters. The highest BCUT2D eigenvalue weighted by molar-refractivity contribution is 5.73. The molecule has 0 heteroatoms. The molecule has 0 aliphatic rings. The van der Waals surface area contributed by atoms with Crippen LogP contribution in [0.1, 0.15) is 59.6 Å². The summed E-state index contributed by atoms with van der Waals surface area (Å²) in [5.74, 6) is 0. The summed E-state index contributed by atoms with van der Waals surface area (Å²) in [6.07, 6.45) is 3.88. The third-order valence-electron chi connectivity index (χ3n) is 2.11. The Hall–Kier alpha value is -1.56. The highest BCUT2D eigenvalue weighted by Gasteiger charge is 1.95. The van der Waals surface area contributed by atoms with Gasteiger partial charge in [-0.1, -0.05) is 102 Å². The molecule has 1 rings (SSSR count). The molecule has 0 aliphatic carbocycles. The summed E-state index contributed by atoms with van der Waals surface area (Å²) < 4.78 is 0. The minimum Gasteiger partial charge on any atom is -0.0988 e. The topological polar surface area (TPSA) is 0 Å². The largest absolute Gasteiger partial charge is 0.0988 e. The second kappa shape index (κ2) is 17.4. The number of hydrogen-bond acceptors (Lipinski definition) is 0. The number of aryl methyl sites for hydroxylation is 1. The van der Waals surface area contributed by atoms with Crippen LogP contribution in [0.25, 0.3) is 5.57 Å². The van der Waals surface area contributed by atoms with Crippen LogP contribution in [-0.2, 0) is 0 Å². The van der Waals surface area contributed by atoms with E-state index in [-0.39, 0.29) is 0 Å². The SMILES string of the molecule is C=C/C(C)=C\C(=C)c1cccc(C)c1.CC.CC.CC. The van der Waals surface area contributed by atoms with E-state index in [1.807, 2.05) is 66.7 Å². The molecule has 0 spiro atoms. The third kappa shape index (κ3) is 11.5. The van der Waals surface area contributed by atoms with Crippen molar-refractivity contribution in [2.75, 3.05) is 0 Å². The number of hydrogen-bond donors (Lipinski definition) is 0. The predicted molar refractivity (Wildman–Crippen MR) is 98.2 cm³/mol. The van der Waals surface area contributed by atoms with Crippen molar-refractivity contribution in [2.24, 2.45) is 0 Å². The first kappa shape index (κ1) is 23.5. The molecule has 114 valence electrons. The van der Waals surface area contributed by atoms with Gasteiger partial charge in [-0.05, 0) is 25.0 Å². The Morgan fingerprint density at radius 2 is 1.50 bits per heavy atom. The van der Waals surface area contributed by atoms with E-state index in [2.05, 4.69) is 38.3 Å². The van der Waals surface area contributed by atoms with Crippen LogP contribution in [0.15, 0.2) is 55.1 Å². The van der Waals surface area contributed by atoms with Crippen molar-refractivity contribution in [3.8, 4) is 0 Å². The molecule has 0 saturated heterocycles. The van der Waals surface area contributed by atoms with Gasteiger partial charge in [-0.2, -0.15) is 0 Å². The van der Waals surface area contributed by atoms with E-state index in [1.165, 1.54) is 11.1 Å². The molecule has 1 aromatic carbocycles. The molecule has 1 aromatic rings. The average Bonchev–Trinajstić information content (AvgIpc) is 2.53. The molecule has 0 nitrogen and oxygen atoms in total. The van der Waals surface area contributed by atoms with Gasteiger partial charge in [-0.3, -0.25) is 0 Å². The van der Waals surface area contributed by atoms with Crippen LogP contribution in [0.3, 0.4) is 0 Å². The molecule has 0 fully saturated rings. The lowest BCUT2D eigenvalue weighted by Crippen LogP contribution is -1.81. The van der Waals surface area contributed by atoms with Crippen molar-refractivity contribution in [1.29, 1.82) is 0 Å². The molecular formula is C20H34. The summed E-state index contributed by atoms with van der Waals surface area (Å²) in [6, 6.07) is 8.34. The lowest BCUT2D eigenvalue weighted by Gasteiger charge is -2.02. The van der Waals surface area contributed by atoms with Crippen LogP contribution in [-0.4, -0.2) is 0 Å². The maximum absolute atomic E-state index is 4.03. The lowest BCUT2D eigenvalue weighted by atomic mass is 10.0. The minimum absolute atomic E-state index is 1.03. The molecule has 0 unspecified atom stereocenters. The number of allylic oxidation sites excluding steroid dienone is 4. The smallest absolute Gasteiger partial charge is 0.0187 e. The van der Waals surface area contributed by atoms with E-state index in [9.17, 15) is 0 Å². The minimum atomic E-state index is 1.03. The van der Waals surface area contributed by atoms with Crippen molar-refractivity contribution in [3.63, 3.8) is 0 Å². The summed E-state index contributed by atoms with van der Waals surface area (Å²) in [7, 11) is 0. The van der Waals surface area contributed by atoms with Gasteiger partial charge in [0.1, 0.15) is 0 Å². The van der Waals surface area contributed by atoms with Gasteiger partial charge in [0.05, 0.1) is 0 Å². The van der Waals surface area contributed by atoms with Crippen molar-refractivity contribution in [3.05, 3.63) is 66.3 Å². The zero-order valence-electron chi connectivity index (χ0n) is 14.9. The maximum atomic E-state index is 4.03. The number of rotatable bonds is 3. The van der Waals surface area contributed by atoms with Gasteiger partial charge < -0.3 is 0 Å². The van der Waals surface area contributed by atoms with Crippen LogP contribution in [0.4, 0.5) is 0 Å². The molecule has 0 heterocycles. The van der Waals surface area contributed by atoms with Gasteiger partial charge in [0.25, 0.3) is 0 Å². The molecule has 20 heavy (non-hydrogen) atoms. The quantitative estimate of drug-likeness (QED) is 0.510. The lowest BCUT2D eigenvalue weighted by molar-refractivity contribution is 1.44. The second-order valence-electron chi connectivity index (χ2n) is 3.49. The molecular weight excluding hydrogens is 240 g/mol. The van der Waals surface area contributed by atoms with Gasteiger partial charge in [0, 0.05) is 0 Å². The first-order valence-electron chi connectivity index (χ1n) is 7.70. The second-order valence-corrected chi connectivity index (χ2v) is 3.49. The summed E-state index contributed by atoms with van der Waals surface area (Å²) in [5, 5.41) is 0. The summed E-state index contributed by atoms with van der Waals surface area (Å²) in [6.45, 7) is 23.9. The molecule has 0 radical (unpaired) electrons. The van der Waals surface area contributed by atoms with Crippen molar-refractivity contribution < 1.29 is 0 Å². The Kier molecular flexibility index (Phi) is 20.5. The van der Waals surface area contributed by atoms with E-state index in [0.29, 0.717) is 0 Å². The fourth-order valence-corrected chi connectivity index (χ4v) is 1.26. The van der Waals surface area contributed by atoms with Crippen LogP contribution < -0.4 is 0 Å². The molecule has 0 amide bonds. The maximum Gasteiger partial charge on any atom is -0.0187 e. The molecule has 0 aliphatic heterocycles. The first-order chi connectivity index (χ1) is 9.63. The fourth-order valence-electron chi connectivity index (χ4n) is 1.26. The van der Waals surface area contributed by atoms with E-state index in [0.717, 1.165) is 11.1 Å².